The summed E-state index contributed by atoms with van der Waals surface area (Å²) in [5.74, 6) is 0.827. The summed E-state index contributed by atoms with van der Waals surface area (Å²) in [5.41, 5.74) is 1.10. The minimum Gasteiger partial charge on any atom is -0.492 e. The van der Waals surface area contributed by atoms with E-state index in [1.165, 1.54) is 0 Å². The molecule has 1 unspecified atom stereocenters. The predicted molar refractivity (Wildman–Crippen MR) is 80.5 cm³/mol. The van der Waals surface area contributed by atoms with E-state index in [2.05, 4.69) is 15.5 Å². The number of benzene rings is 1. The van der Waals surface area contributed by atoms with Gasteiger partial charge in [-0.2, -0.15) is 0 Å². The molecular weight excluding hydrogens is 286 g/mol. The van der Waals surface area contributed by atoms with E-state index in [-0.39, 0.29) is 11.8 Å². The molecule has 0 fully saturated rings. The first kappa shape index (κ1) is 14.0. The fraction of sp³-hybridized carbons (Fsp3) is 0.400. The first-order valence-electron chi connectivity index (χ1n) is 7.00. The Hall–Kier alpha value is -1.95. The molecule has 0 spiro atoms. The number of aromatic nitrogens is 2. The minimum atomic E-state index is -0.115. The highest BCUT2D eigenvalue weighted by molar-refractivity contribution is 7.11. The van der Waals surface area contributed by atoms with E-state index in [0.717, 1.165) is 34.2 Å². The Bertz CT molecular complexity index is 641. The number of hydrogen-bond acceptors (Lipinski definition) is 5. The van der Waals surface area contributed by atoms with Crippen molar-refractivity contribution in [2.75, 3.05) is 13.2 Å². The highest BCUT2D eigenvalue weighted by Gasteiger charge is 2.25. The van der Waals surface area contributed by atoms with Gasteiger partial charge in [0.15, 0.2) is 0 Å². The SMILES string of the molecule is Cc1nnc(CCNC(=O)C2COc3ccccc3C2)s1. The van der Waals surface area contributed by atoms with Gasteiger partial charge in [0, 0.05) is 13.0 Å². The summed E-state index contributed by atoms with van der Waals surface area (Å²) < 4.78 is 5.64. The normalized spacial score (nSPS) is 16.9. The van der Waals surface area contributed by atoms with Gasteiger partial charge in [0.2, 0.25) is 5.91 Å². The van der Waals surface area contributed by atoms with Crippen molar-refractivity contribution in [3.8, 4) is 5.75 Å². The molecule has 3 rings (SSSR count). The molecule has 1 atom stereocenters. The van der Waals surface area contributed by atoms with Crippen molar-refractivity contribution >= 4 is 17.2 Å². The van der Waals surface area contributed by atoms with Crippen LogP contribution in [0.5, 0.6) is 5.75 Å². The molecule has 2 aromatic rings. The first-order valence-corrected chi connectivity index (χ1v) is 7.81. The van der Waals surface area contributed by atoms with Gasteiger partial charge < -0.3 is 10.1 Å². The van der Waals surface area contributed by atoms with Crippen LogP contribution in [0.4, 0.5) is 0 Å². The summed E-state index contributed by atoms with van der Waals surface area (Å²) in [6, 6.07) is 7.88. The zero-order valence-corrected chi connectivity index (χ0v) is 12.7. The molecular formula is C15H17N3O2S. The van der Waals surface area contributed by atoms with Gasteiger partial charge in [-0.15, -0.1) is 21.5 Å². The Balaban J connectivity index is 1.50. The molecule has 1 aromatic heterocycles. The van der Waals surface area contributed by atoms with Gasteiger partial charge in [-0.1, -0.05) is 18.2 Å². The average Bonchev–Trinajstić information content (AvgIpc) is 2.92. The summed E-state index contributed by atoms with van der Waals surface area (Å²) >= 11 is 1.57. The lowest BCUT2D eigenvalue weighted by Gasteiger charge is -2.24. The number of rotatable bonds is 4. The molecule has 0 aliphatic carbocycles. The fourth-order valence-corrected chi connectivity index (χ4v) is 3.08. The van der Waals surface area contributed by atoms with Crippen molar-refractivity contribution in [2.45, 2.75) is 19.8 Å². The van der Waals surface area contributed by atoms with Crippen molar-refractivity contribution in [2.24, 2.45) is 5.92 Å². The lowest BCUT2D eigenvalue weighted by molar-refractivity contribution is -0.126. The quantitative estimate of drug-likeness (QED) is 0.935. The maximum atomic E-state index is 12.2. The molecule has 0 saturated carbocycles. The van der Waals surface area contributed by atoms with E-state index in [1.807, 2.05) is 31.2 Å². The maximum Gasteiger partial charge on any atom is 0.226 e. The Labute approximate surface area is 127 Å². The molecule has 6 heteroatoms. The Morgan fingerprint density at radius 3 is 3.10 bits per heavy atom. The molecule has 0 saturated heterocycles. The highest BCUT2D eigenvalue weighted by atomic mass is 32.1. The van der Waals surface area contributed by atoms with Crippen LogP contribution in [0.2, 0.25) is 0 Å². The maximum absolute atomic E-state index is 12.2. The molecule has 1 aliphatic rings. The Morgan fingerprint density at radius 1 is 1.43 bits per heavy atom. The summed E-state index contributed by atoms with van der Waals surface area (Å²) in [7, 11) is 0. The third-order valence-corrected chi connectivity index (χ3v) is 4.35. The van der Waals surface area contributed by atoms with Crippen LogP contribution in [-0.4, -0.2) is 29.3 Å². The van der Waals surface area contributed by atoms with E-state index >= 15 is 0 Å². The molecule has 1 amide bonds. The van der Waals surface area contributed by atoms with Crippen molar-refractivity contribution < 1.29 is 9.53 Å². The number of carbonyl (C=O) groups excluding carboxylic acids is 1. The summed E-state index contributed by atoms with van der Waals surface area (Å²) in [4.78, 5) is 12.2. The standard InChI is InChI=1S/C15H17N3O2S/c1-10-17-18-14(21-10)6-7-16-15(19)12-8-11-4-2-3-5-13(11)20-9-12/h2-5,12H,6-9H2,1H3,(H,16,19). The second-order valence-electron chi connectivity index (χ2n) is 5.08. The van der Waals surface area contributed by atoms with Gasteiger partial charge in [0.25, 0.3) is 0 Å². The smallest absolute Gasteiger partial charge is 0.226 e. The summed E-state index contributed by atoms with van der Waals surface area (Å²) in [5, 5.41) is 12.9. The third-order valence-electron chi connectivity index (χ3n) is 3.46. The van der Waals surface area contributed by atoms with E-state index in [4.69, 9.17) is 4.74 Å². The van der Waals surface area contributed by atoms with Crippen LogP contribution in [0.15, 0.2) is 24.3 Å². The zero-order chi connectivity index (χ0) is 14.7. The minimum absolute atomic E-state index is 0.0470. The fourth-order valence-electron chi connectivity index (χ4n) is 2.37. The number of carbonyl (C=O) groups is 1. The van der Waals surface area contributed by atoms with Crippen LogP contribution in [0.1, 0.15) is 15.6 Å². The third kappa shape index (κ3) is 3.39. The number of hydrogen-bond donors (Lipinski definition) is 1. The number of nitrogens with one attached hydrogen (secondary N) is 1. The molecule has 0 bridgehead atoms. The number of amides is 1. The van der Waals surface area contributed by atoms with E-state index in [0.29, 0.717) is 13.2 Å². The van der Waals surface area contributed by atoms with Crippen molar-refractivity contribution in [1.29, 1.82) is 0 Å². The second-order valence-corrected chi connectivity index (χ2v) is 6.34. The first-order chi connectivity index (χ1) is 10.2. The molecule has 2 heterocycles. The number of nitrogens with zero attached hydrogens (tertiary/aromatic N) is 2. The van der Waals surface area contributed by atoms with Crippen LogP contribution in [0.25, 0.3) is 0 Å². The van der Waals surface area contributed by atoms with E-state index in [1.54, 1.807) is 11.3 Å². The van der Waals surface area contributed by atoms with Gasteiger partial charge in [-0.25, -0.2) is 0 Å². The molecule has 1 aromatic carbocycles. The van der Waals surface area contributed by atoms with E-state index < -0.39 is 0 Å². The molecule has 21 heavy (non-hydrogen) atoms. The van der Waals surface area contributed by atoms with Gasteiger partial charge >= 0.3 is 0 Å². The lowest BCUT2D eigenvalue weighted by Crippen LogP contribution is -2.38. The van der Waals surface area contributed by atoms with Gasteiger partial charge in [0.1, 0.15) is 22.4 Å². The van der Waals surface area contributed by atoms with Gasteiger partial charge in [-0.05, 0) is 25.0 Å². The second kappa shape index (κ2) is 6.22. The predicted octanol–water partition coefficient (Wildman–Crippen LogP) is 1.76. The summed E-state index contributed by atoms with van der Waals surface area (Å²) in [6.07, 6.45) is 1.46. The van der Waals surface area contributed by atoms with Crippen LogP contribution in [0, 0.1) is 12.8 Å². The summed E-state index contributed by atoms with van der Waals surface area (Å²) in [6.45, 7) is 2.96. The highest BCUT2D eigenvalue weighted by Crippen LogP contribution is 2.26. The van der Waals surface area contributed by atoms with Crippen LogP contribution < -0.4 is 10.1 Å². The Kier molecular flexibility index (Phi) is 4.15. The largest absolute Gasteiger partial charge is 0.492 e. The van der Waals surface area contributed by atoms with Crippen LogP contribution >= 0.6 is 11.3 Å². The zero-order valence-electron chi connectivity index (χ0n) is 11.8. The van der Waals surface area contributed by atoms with Crippen LogP contribution in [0.3, 0.4) is 0 Å². The molecule has 1 aliphatic heterocycles. The van der Waals surface area contributed by atoms with E-state index in [9.17, 15) is 4.79 Å². The number of para-hydroxylation sites is 1. The topological polar surface area (TPSA) is 64.1 Å². The number of fused-ring (bicyclic) bond motifs is 1. The van der Waals surface area contributed by atoms with Crippen molar-refractivity contribution in [3.05, 3.63) is 39.8 Å². The molecule has 0 radical (unpaired) electrons. The monoisotopic (exact) mass is 303 g/mol. The van der Waals surface area contributed by atoms with Crippen LogP contribution in [-0.2, 0) is 17.6 Å². The lowest BCUT2D eigenvalue weighted by atomic mass is 9.96. The van der Waals surface area contributed by atoms with Gasteiger partial charge in [-0.3, -0.25) is 4.79 Å². The van der Waals surface area contributed by atoms with Gasteiger partial charge in [0.05, 0.1) is 5.92 Å². The molecule has 1 N–H and O–H groups in total. The average molecular weight is 303 g/mol. The number of aryl methyl sites for hydroxylation is 1. The van der Waals surface area contributed by atoms with Crippen molar-refractivity contribution in [3.63, 3.8) is 0 Å². The molecule has 110 valence electrons. The van der Waals surface area contributed by atoms with Crippen molar-refractivity contribution in [1.82, 2.24) is 15.5 Å². The number of ether oxygens (including phenoxy) is 1. The molecule has 5 nitrogen and oxygen atoms in total. The Morgan fingerprint density at radius 2 is 2.29 bits per heavy atom.